The molecule has 0 aromatic heterocycles. The zero-order valence-electron chi connectivity index (χ0n) is 17.9. The maximum absolute atomic E-state index is 12.1. The van der Waals surface area contributed by atoms with E-state index < -0.39 is 5.97 Å². The molecule has 0 atom stereocenters. The van der Waals surface area contributed by atoms with Gasteiger partial charge < -0.3 is 14.4 Å². The van der Waals surface area contributed by atoms with Crippen LogP contribution < -0.4 is 14.8 Å². The fraction of sp³-hybridized carbons (Fsp3) is 0.280. The van der Waals surface area contributed by atoms with Gasteiger partial charge in [0.2, 0.25) is 5.36 Å². The summed E-state index contributed by atoms with van der Waals surface area (Å²) in [6, 6.07) is 12.2. The molecule has 0 fully saturated rings. The van der Waals surface area contributed by atoms with Crippen molar-refractivity contribution in [2.75, 3.05) is 33.1 Å². The van der Waals surface area contributed by atoms with Gasteiger partial charge >= 0.3 is 5.97 Å². The highest BCUT2D eigenvalue weighted by Gasteiger charge is 2.25. The molecule has 2 aliphatic carbocycles. The first-order valence-corrected chi connectivity index (χ1v) is 10.2. The Morgan fingerprint density at radius 1 is 1.07 bits per heavy atom. The minimum Gasteiger partial charge on any atom is -0.478 e. The number of hydrogen-bond donors (Lipinski definition) is 1. The summed E-state index contributed by atoms with van der Waals surface area (Å²) >= 11 is 0. The Morgan fingerprint density at radius 2 is 1.83 bits per heavy atom. The number of rotatable bonds is 3. The molecule has 3 aliphatic rings. The van der Waals surface area contributed by atoms with Crippen LogP contribution in [0, 0.1) is 0 Å². The molecule has 1 aromatic rings. The number of carbonyl (C=O) groups is 1. The summed E-state index contributed by atoms with van der Waals surface area (Å²) in [6.45, 7) is 0. The van der Waals surface area contributed by atoms with Gasteiger partial charge in [-0.1, -0.05) is 12.2 Å². The van der Waals surface area contributed by atoms with E-state index in [0.717, 1.165) is 63.7 Å². The van der Waals surface area contributed by atoms with E-state index in [4.69, 9.17) is 4.42 Å². The molecular formula is C25H27N2O3+. The molecular weight excluding hydrogens is 376 g/mol. The summed E-state index contributed by atoms with van der Waals surface area (Å²) in [5, 5.41) is 11.9. The molecule has 4 rings (SSSR count). The van der Waals surface area contributed by atoms with Crippen LogP contribution in [0.4, 0.5) is 5.69 Å². The van der Waals surface area contributed by atoms with Gasteiger partial charge in [-0.3, -0.25) is 0 Å². The lowest BCUT2D eigenvalue weighted by Gasteiger charge is -2.19. The lowest BCUT2D eigenvalue weighted by Crippen LogP contribution is -2.21. The van der Waals surface area contributed by atoms with Gasteiger partial charge in [0.05, 0.1) is 11.6 Å². The first-order valence-electron chi connectivity index (χ1n) is 10.2. The number of carboxylic acid groups (broad SMARTS) is 1. The first-order chi connectivity index (χ1) is 14.4. The standard InChI is InChI=1S/C25H26N2O3/c1-26(2)16-10-12-20-22(14-16)30-23-15-17(27(3)4)11-13-21(23)24(20)18-8-6-5-7-9-19(18)25(28)29/h8-15H,5-7H2,1-4H3/p+1. The third-order valence-corrected chi connectivity index (χ3v) is 5.62. The Bertz CT molecular complexity index is 1240. The number of aliphatic carboxylic acids is 1. The molecule has 0 saturated heterocycles. The van der Waals surface area contributed by atoms with E-state index in [1.807, 2.05) is 80.1 Å². The molecule has 1 N–H and O–H groups in total. The smallest absolute Gasteiger partial charge is 0.335 e. The summed E-state index contributed by atoms with van der Waals surface area (Å²) in [7, 11) is 7.97. The lowest BCUT2D eigenvalue weighted by molar-refractivity contribution is -0.132. The van der Waals surface area contributed by atoms with Crippen molar-refractivity contribution in [3.05, 3.63) is 65.0 Å². The number of anilines is 1. The Hall–Kier alpha value is -3.34. The van der Waals surface area contributed by atoms with Crippen molar-refractivity contribution in [1.82, 2.24) is 4.58 Å². The number of allylic oxidation sites excluding steroid dienone is 2. The van der Waals surface area contributed by atoms with Gasteiger partial charge in [-0.2, -0.15) is 0 Å². The number of fused-ring (bicyclic) bond motifs is 2. The van der Waals surface area contributed by atoms with Crippen LogP contribution in [0.3, 0.4) is 0 Å². The van der Waals surface area contributed by atoms with Crippen LogP contribution in [0.2, 0.25) is 0 Å². The molecule has 0 saturated carbocycles. The van der Waals surface area contributed by atoms with Gasteiger partial charge in [-0.15, -0.1) is 0 Å². The minimum atomic E-state index is -0.889. The molecule has 5 nitrogen and oxygen atoms in total. The third kappa shape index (κ3) is 3.52. The van der Waals surface area contributed by atoms with Gasteiger partial charge in [0.15, 0.2) is 0 Å². The Morgan fingerprint density at radius 3 is 2.53 bits per heavy atom. The maximum Gasteiger partial charge on any atom is 0.335 e. The highest BCUT2D eigenvalue weighted by molar-refractivity contribution is 6.12. The van der Waals surface area contributed by atoms with Crippen molar-refractivity contribution in [3.8, 4) is 11.3 Å². The summed E-state index contributed by atoms with van der Waals surface area (Å²) in [5.41, 5.74) is 4.78. The van der Waals surface area contributed by atoms with Crippen molar-refractivity contribution in [3.63, 3.8) is 0 Å². The number of nitrogens with zero attached hydrogens (tertiary/aromatic N) is 2. The fourth-order valence-corrected chi connectivity index (χ4v) is 3.98. The summed E-state index contributed by atoms with van der Waals surface area (Å²) < 4.78 is 8.37. The summed E-state index contributed by atoms with van der Waals surface area (Å²) in [6.07, 6.45) is 6.49. The molecule has 1 heterocycles. The van der Waals surface area contributed by atoms with E-state index in [0.29, 0.717) is 5.57 Å². The Labute approximate surface area is 176 Å². The van der Waals surface area contributed by atoms with Crippen LogP contribution in [-0.4, -0.2) is 39.3 Å². The van der Waals surface area contributed by atoms with Crippen LogP contribution in [0.1, 0.15) is 24.8 Å². The minimum absolute atomic E-state index is 0.370. The highest BCUT2D eigenvalue weighted by Crippen LogP contribution is 2.41. The van der Waals surface area contributed by atoms with Gasteiger partial charge in [-0.05, 0) is 43.0 Å². The molecule has 30 heavy (non-hydrogen) atoms. The Kier molecular flexibility index (Phi) is 5.20. The zero-order valence-corrected chi connectivity index (χ0v) is 17.9. The van der Waals surface area contributed by atoms with E-state index in [1.54, 1.807) is 0 Å². The molecule has 0 spiro atoms. The van der Waals surface area contributed by atoms with Crippen LogP contribution in [0.15, 0.2) is 58.5 Å². The second kappa shape index (κ2) is 7.82. The van der Waals surface area contributed by atoms with Gasteiger partial charge in [0.25, 0.3) is 0 Å². The normalized spacial score (nSPS) is 14.3. The lowest BCUT2D eigenvalue weighted by atomic mass is 9.89. The van der Waals surface area contributed by atoms with Crippen molar-refractivity contribution >= 4 is 28.2 Å². The van der Waals surface area contributed by atoms with E-state index in [2.05, 4.69) is 6.08 Å². The molecule has 154 valence electrons. The van der Waals surface area contributed by atoms with Crippen molar-refractivity contribution in [2.45, 2.75) is 19.3 Å². The SMILES string of the molecule is CN(C)c1ccc2c(C3=CCCCC=C3C(=O)O)c3ccc(=[N+](C)C)cc-3oc2c1. The second-order valence-corrected chi connectivity index (χ2v) is 8.10. The molecule has 0 bridgehead atoms. The molecule has 0 unspecified atom stereocenters. The maximum atomic E-state index is 12.1. The molecule has 5 heteroatoms. The number of carboxylic acids is 1. The molecule has 0 amide bonds. The van der Waals surface area contributed by atoms with Crippen molar-refractivity contribution < 1.29 is 14.3 Å². The number of benzene rings is 2. The third-order valence-electron chi connectivity index (χ3n) is 5.62. The van der Waals surface area contributed by atoms with Crippen molar-refractivity contribution in [2.24, 2.45) is 0 Å². The van der Waals surface area contributed by atoms with E-state index in [1.165, 1.54) is 0 Å². The molecule has 1 aromatic carbocycles. The summed E-state index contributed by atoms with van der Waals surface area (Å²) in [4.78, 5) is 14.1. The summed E-state index contributed by atoms with van der Waals surface area (Å²) in [5.74, 6) is -0.144. The average molecular weight is 404 g/mol. The Balaban J connectivity index is 2.13. The van der Waals surface area contributed by atoms with Crippen LogP contribution in [-0.2, 0) is 4.79 Å². The monoisotopic (exact) mass is 403 g/mol. The molecule has 1 aliphatic heterocycles. The number of hydrogen-bond acceptors (Lipinski definition) is 3. The zero-order chi connectivity index (χ0) is 21.4. The van der Waals surface area contributed by atoms with Crippen LogP contribution in [0.25, 0.3) is 27.9 Å². The van der Waals surface area contributed by atoms with E-state index in [9.17, 15) is 9.90 Å². The van der Waals surface area contributed by atoms with Gasteiger partial charge in [0.1, 0.15) is 25.4 Å². The van der Waals surface area contributed by atoms with Crippen LogP contribution in [0.5, 0.6) is 0 Å². The second-order valence-electron chi connectivity index (χ2n) is 8.10. The van der Waals surface area contributed by atoms with Gasteiger partial charge in [-0.25, -0.2) is 9.37 Å². The average Bonchev–Trinajstić information content (AvgIpc) is 2.97. The molecule has 0 radical (unpaired) electrons. The first kappa shape index (κ1) is 20.0. The quantitative estimate of drug-likeness (QED) is 0.526. The van der Waals surface area contributed by atoms with Gasteiger partial charge in [0, 0.05) is 48.4 Å². The van der Waals surface area contributed by atoms with Crippen LogP contribution >= 0.6 is 0 Å². The van der Waals surface area contributed by atoms with Crippen molar-refractivity contribution in [1.29, 1.82) is 0 Å². The van der Waals surface area contributed by atoms with E-state index in [-0.39, 0.29) is 0 Å². The largest absolute Gasteiger partial charge is 0.478 e. The highest BCUT2D eigenvalue weighted by atomic mass is 16.4. The predicted molar refractivity (Wildman–Crippen MR) is 122 cm³/mol. The van der Waals surface area contributed by atoms with E-state index >= 15 is 0 Å². The fourth-order valence-electron chi connectivity index (χ4n) is 3.98. The topological polar surface area (TPSA) is 56.7 Å². The predicted octanol–water partition coefficient (Wildman–Crippen LogP) is 4.21.